The number of H-pyrrole nitrogens is 1. The van der Waals surface area contributed by atoms with E-state index < -0.39 is 6.10 Å². The van der Waals surface area contributed by atoms with Crippen LogP contribution in [-0.4, -0.2) is 32.9 Å². The summed E-state index contributed by atoms with van der Waals surface area (Å²) in [6.07, 6.45) is 1.09. The molecule has 1 saturated carbocycles. The molecule has 124 valence electrons. The molecule has 0 spiro atoms. The van der Waals surface area contributed by atoms with Crippen LogP contribution in [0.25, 0.3) is 0 Å². The third-order valence-electron chi connectivity index (χ3n) is 4.39. The molecule has 7 heteroatoms. The van der Waals surface area contributed by atoms with Gasteiger partial charge in [0, 0.05) is 24.6 Å². The molecular weight excluding hydrogens is 319 g/mol. The molecule has 1 aromatic carbocycles. The minimum Gasteiger partial charge on any atom is -0.393 e. The number of hydrogen-bond donors (Lipinski definition) is 3. The summed E-state index contributed by atoms with van der Waals surface area (Å²) in [7, 11) is 0. The number of aliphatic hydroxyl groups is 1. The molecule has 3 atom stereocenters. The summed E-state index contributed by atoms with van der Waals surface area (Å²) in [4.78, 5) is 4.35. The van der Waals surface area contributed by atoms with E-state index >= 15 is 0 Å². The van der Waals surface area contributed by atoms with E-state index in [1.165, 1.54) is 6.07 Å². The van der Waals surface area contributed by atoms with E-state index in [0.717, 1.165) is 18.1 Å². The van der Waals surface area contributed by atoms with Crippen molar-refractivity contribution in [2.75, 3.05) is 6.54 Å². The third kappa shape index (κ3) is 3.71. The summed E-state index contributed by atoms with van der Waals surface area (Å²) in [6.45, 7) is 2.87. The molecule has 0 bridgehead atoms. The normalized spacial score (nSPS) is 24.3. The van der Waals surface area contributed by atoms with Gasteiger partial charge >= 0.3 is 0 Å². The first-order valence-electron chi connectivity index (χ1n) is 7.75. The summed E-state index contributed by atoms with van der Waals surface area (Å²) in [6, 6.07) is 4.97. The van der Waals surface area contributed by atoms with Crippen molar-refractivity contribution in [3.63, 3.8) is 0 Å². The monoisotopic (exact) mass is 338 g/mol. The van der Waals surface area contributed by atoms with Gasteiger partial charge in [-0.3, -0.25) is 5.10 Å². The Morgan fingerprint density at radius 3 is 3.00 bits per heavy atom. The van der Waals surface area contributed by atoms with Crippen LogP contribution in [0.15, 0.2) is 18.2 Å². The van der Waals surface area contributed by atoms with Gasteiger partial charge in [-0.2, -0.15) is 5.10 Å². The lowest BCUT2D eigenvalue weighted by Crippen LogP contribution is -2.27. The molecule has 0 amide bonds. The molecule has 0 radical (unpaired) electrons. The van der Waals surface area contributed by atoms with Crippen molar-refractivity contribution in [1.29, 1.82) is 0 Å². The number of aromatic amines is 1. The lowest BCUT2D eigenvalue weighted by atomic mass is 10.0. The van der Waals surface area contributed by atoms with E-state index in [2.05, 4.69) is 20.5 Å². The molecular formula is C16H20ClFN4O. The number of hydrogen-bond acceptors (Lipinski definition) is 4. The predicted octanol–water partition coefficient (Wildman–Crippen LogP) is 2.55. The Hall–Kier alpha value is -1.50. The Bertz CT molecular complexity index is 678. The number of aryl methyl sites for hydroxylation is 1. The van der Waals surface area contributed by atoms with E-state index in [-0.39, 0.29) is 22.7 Å². The van der Waals surface area contributed by atoms with E-state index in [1.54, 1.807) is 12.1 Å². The highest BCUT2D eigenvalue weighted by molar-refractivity contribution is 6.30. The lowest BCUT2D eigenvalue weighted by Gasteiger charge is -2.15. The van der Waals surface area contributed by atoms with Crippen LogP contribution in [0.5, 0.6) is 0 Å². The number of nitrogens with one attached hydrogen (secondary N) is 2. The topological polar surface area (TPSA) is 73.8 Å². The van der Waals surface area contributed by atoms with E-state index in [4.69, 9.17) is 11.6 Å². The molecule has 1 aliphatic rings. The van der Waals surface area contributed by atoms with Crippen molar-refractivity contribution in [3.05, 3.63) is 46.3 Å². The minimum absolute atomic E-state index is 0.112. The zero-order valence-corrected chi connectivity index (χ0v) is 13.6. The van der Waals surface area contributed by atoms with Crippen LogP contribution >= 0.6 is 11.6 Å². The number of aliphatic hydroxyl groups excluding tert-OH is 1. The molecule has 1 heterocycles. The fourth-order valence-electron chi connectivity index (χ4n) is 3.15. The highest BCUT2D eigenvalue weighted by Gasteiger charge is 2.35. The molecule has 2 aromatic rings. The Morgan fingerprint density at radius 1 is 1.43 bits per heavy atom. The number of benzene rings is 1. The lowest BCUT2D eigenvalue weighted by molar-refractivity contribution is 0.131. The van der Waals surface area contributed by atoms with Gasteiger partial charge in [-0.15, -0.1) is 0 Å². The van der Waals surface area contributed by atoms with Gasteiger partial charge in [-0.1, -0.05) is 23.7 Å². The van der Waals surface area contributed by atoms with Crippen LogP contribution in [-0.2, 0) is 6.54 Å². The van der Waals surface area contributed by atoms with Crippen LogP contribution in [0.2, 0.25) is 5.02 Å². The maximum Gasteiger partial charge on any atom is 0.153 e. The first-order chi connectivity index (χ1) is 11.0. The second-order valence-corrected chi connectivity index (χ2v) is 6.53. The van der Waals surface area contributed by atoms with E-state index in [9.17, 15) is 9.50 Å². The average Bonchev–Trinajstić information content (AvgIpc) is 3.10. The van der Waals surface area contributed by atoms with Gasteiger partial charge in [0.1, 0.15) is 11.6 Å². The smallest absolute Gasteiger partial charge is 0.153 e. The molecule has 3 rings (SSSR count). The SMILES string of the molecule is Cc1nc([C@H]2C[C@H](CNCc3cccc(Cl)c3F)[C@H](O)C2)n[nH]1. The maximum atomic E-state index is 13.8. The number of halogens is 2. The maximum absolute atomic E-state index is 13.8. The quantitative estimate of drug-likeness (QED) is 0.783. The molecule has 23 heavy (non-hydrogen) atoms. The van der Waals surface area contributed by atoms with Gasteiger partial charge in [0.25, 0.3) is 0 Å². The molecule has 3 N–H and O–H groups in total. The predicted molar refractivity (Wildman–Crippen MR) is 85.7 cm³/mol. The summed E-state index contributed by atoms with van der Waals surface area (Å²) < 4.78 is 13.8. The second kappa shape index (κ2) is 6.95. The molecule has 0 unspecified atom stereocenters. The second-order valence-electron chi connectivity index (χ2n) is 6.12. The first kappa shape index (κ1) is 16.4. The Labute approximate surface area is 139 Å². The van der Waals surface area contributed by atoms with Gasteiger partial charge in [-0.25, -0.2) is 9.37 Å². The van der Waals surface area contributed by atoms with Crippen molar-refractivity contribution in [1.82, 2.24) is 20.5 Å². The van der Waals surface area contributed by atoms with Crippen LogP contribution in [0.1, 0.15) is 36.0 Å². The summed E-state index contributed by atoms with van der Waals surface area (Å²) >= 11 is 5.77. The largest absolute Gasteiger partial charge is 0.393 e. The van der Waals surface area contributed by atoms with Gasteiger partial charge in [-0.05, 0) is 31.7 Å². The van der Waals surface area contributed by atoms with Crippen molar-refractivity contribution in [3.8, 4) is 0 Å². The fourth-order valence-corrected chi connectivity index (χ4v) is 3.35. The minimum atomic E-state index is -0.393. The fraction of sp³-hybridized carbons (Fsp3) is 0.500. The van der Waals surface area contributed by atoms with Crippen molar-refractivity contribution >= 4 is 11.6 Å². The Kier molecular flexibility index (Phi) is 4.94. The average molecular weight is 339 g/mol. The number of rotatable bonds is 5. The highest BCUT2D eigenvalue weighted by atomic mass is 35.5. The van der Waals surface area contributed by atoms with Crippen LogP contribution in [0.3, 0.4) is 0 Å². The molecule has 0 aliphatic heterocycles. The molecule has 1 aliphatic carbocycles. The van der Waals surface area contributed by atoms with Gasteiger partial charge in [0.2, 0.25) is 0 Å². The molecule has 0 saturated heterocycles. The molecule has 1 fully saturated rings. The summed E-state index contributed by atoms with van der Waals surface area (Å²) in [5.41, 5.74) is 0.533. The van der Waals surface area contributed by atoms with Crippen LogP contribution in [0, 0.1) is 18.7 Å². The van der Waals surface area contributed by atoms with E-state index in [1.807, 2.05) is 6.92 Å². The zero-order chi connectivity index (χ0) is 16.4. The van der Waals surface area contributed by atoms with Gasteiger partial charge in [0.05, 0.1) is 11.1 Å². The molecule has 1 aromatic heterocycles. The number of nitrogens with zero attached hydrogens (tertiary/aromatic N) is 2. The number of aromatic nitrogens is 3. The van der Waals surface area contributed by atoms with E-state index in [0.29, 0.717) is 25.1 Å². The Balaban J connectivity index is 1.53. The van der Waals surface area contributed by atoms with Crippen LogP contribution in [0.4, 0.5) is 4.39 Å². The summed E-state index contributed by atoms with van der Waals surface area (Å²) in [5, 5.41) is 20.6. The van der Waals surface area contributed by atoms with Crippen molar-refractivity contribution in [2.45, 2.75) is 38.3 Å². The van der Waals surface area contributed by atoms with Gasteiger partial charge < -0.3 is 10.4 Å². The van der Waals surface area contributed by atoms with Gasteiger partial charge in [0.15, 0.2) is 5.82 Å². The van der Waals surface area contributed by atoms with Crippen molar-refractivity contribution in [2.24, 2.45) is 5.92 Å². The summed E-state index contributed by atoms with van der Waals surface area (Å²) in [5.74, 6) is 1.45. The highest BCUT2D eigenvalue weighted by Crippen LogP contribution is 2.36. The molecule has 5 nitrogen and oxygen atoms in total. The first-order valence-corrected chi connectivity index (χ1v) is 8.13. The zero-order valence-electron chi connectivity index (χ0n) is 12.9. The Morgan fingerprint density at radius 2 is 2.26 bits per heavy atom. The third-order valence-corrected chi connectivity index (χ3v) is 4.68. The van der Waals surface area contributed by atoms with Crippen molar-refractivity contribution < 1.29 is 9.50 Å². The van der Waals surface area contributed by atoms with Crippen LogP contribution < -0.4 is 5.32 Å². The standard InChI is InChI=1S/C16H20ClFN4O/c1-9-20-16(22-21-9)11-5-12(14(23)6-11)8-19-7-10-3-2-4-13(17)15(10)18/h2-4,11-12,14,19,23H,5-8H2,1H3,(H,20,21,22)/t11-,12+,14+/m0/s1.